The van der Waals surface area contributed by atoms with Crippen molar-refractivity contribution in [2.75, 3.05) is 29.1 Å². The normalized spacial score (nSPS) is 23.1. The van der Waals surface area contributed by atoms with Gasteiger partial charge in [0.2, 0.25) is 0 Å². The predicted molar refractivity (Wildman–Crippen MR) is 63.9 cm³/mol. The third-order valence-electron chi connectivity index (χ3n) is 2.68. The van der Waals surface area contributed by atoms with E-state index in [9.17, 15) is 8.42 Å². The maximum atomic E-state index is 11.2. The molecular weight excluding hydrogens is 226 g/mol. The third-order valence-corrected chi connectivity index (χ3v) is 4.52. The summed E-state index contributed by atoms with van der Waals surface area (Å²) in [5, 5.41) is 3.12. The average molecular weight is 241 g/mol. The van der Waals surface area contributed by atoms with E-state index in [0.29, 0.717) is 18.0 Å². The average Bonchev–Trinajstić information content (AvgIpc) is 2.58. The van der Waals surface area contributed by atoms with E-state index in [2.05, 4.69) is 10.3 Å². The van der Waals surface area contributed by atoms with Crippen LogP contribution in [0.1, 0.15) is 6.42 Å². The molecule has 3 N–H and O–H groups in total. The zero-order valence-electron chi connectivity index (χ0n) is 8.89. The van der Waals surface area contributed by atoms with E-state index < -0.39 is 9.84 Å². The number of anilines is 2. The number of aromatic nitrogens is 1. The molecule has 0 aliphatic carbocycles. The number of sulfone groups is 1. The SMILES string of the molecule is Nc1ccc(NCC2CCS(=O)(=O)C2)nc1. The summed E-state index contributed by atoms with van der Waals surface area (Å²) in [5.74, 6) is 1.53. The van der Waals surface area contributed by atoms with Crippen LogP contribution in [0.25, 0.3) is 0 Å². The van der Waals surface area contributed by atoms with Crippen molar-refractivity contribution >= 4 is 21.3 Å². The van der Waals surface area contributed by atoms with Gasteiger partial charge in [-0.25, -0.2) is 13.4 Å². The molecule has 1 aromatic rings. The molecule has 5 nitrogen and oxygen atoms in total. The maximum Gasteiger partial charge on any atom is 0.150 e. The van der Waals surface area contributed by atoms with Crippen molar-refractivity contribution in [3.63, 3.8) is 0 Å². The van der Waals surface area contributed by atoms with Gasteiger partial charge in [0.1, 0.15) is 5.82 Å². The van der Waals surface area contributed by atoms with Crippen LogP contribution in [0.15, 0.2) is 18.3 Å². The molecule has 1 aliphatic rings. The van der Waals surface area contributed by atoms with Gasteiger partial charge in [-0.3, -0.25) is 0 Å². The minimum Gasteiger partial charge on any atom is -0.397 e. The lowest BCUT2D eigenvalue weighted by molar-refractivity contribution is 0.595. The van der Waals surface area contributed by atoms with Crippen LogP contribution in [0.5, 0.6) is 0 Å². The Kier molecular flexibility index (Phi) is 3.00. The molecule has 6 heteroatoms. The lowest BCUT2D eigenvalue weighted by Crippen LogP contribution is -2.16. The minimum atomic E-state index is -2.79. The Labute approximate surface area is 95.0 Å². The molecule has 2 heterocycles. The maximum absolute atomic E-state index is 11.2. The van der Waals surface area contributed by atoms with Crippen LogP contribution in [0, 0.1) is 5.92 Å². The largest absolute Gasteiger partial charge is 0.397 e. The Morgan fingerprint density at radius 1 is 1.50 bits per heavy atom. The summed E-state index contributed by atoms with van der Waals surface area (Å²) >= 11 is 0. The van der Waals surface area contributed by atoms with Crippen molar-refractivity contribution in [1.82, 2.24) is 4.98 Å². The van der Waals surface area contributed by atoms with Crippen LogP contribution in [-0.2, 0) is 9.84 Å². The van der Waals surface area contributed by atoms with Gasteiger partial charge in [0.05, 0.1) is 23.4 Å². The first-order valence-electron chi connectivity index (χ1n) is 5.21. The molecule has 2 rings (SSSR count). The summed E-state index contributed by atoms with van der Waals surface area (Å²) in [6.07, 6.45) is 2.32. The number of nitrogen functional groups attached to an aromatic ring is 1. The van der Waals surface area contributed by atoms with Crippen molar-refractivity contribution in [3.8, 4) is 0 Å². The predicted octanol–water partition coefficient (Wildman–Crippen LogP) is 0.510. The quantitative estimate of drug-likeness (QED) is 0.805. The minimum absolute atomic E-state index is 0.198. The van der Waals surface area contributed by atoms with E-state index in [1.54, 1.807) is 18.3 Å². The van der Waals surface area contributed by atoms with Crippen molar-refractivity contribution in [2.45, 2.75) is 6.42 Å². The highest BCUT2D eigenvalue weighted by atomic mass is 32.2. The van der Waals surface area contributed by atoms with Gasteiger partial charge in [-0.15, -0.1) is 0 Å². The molecule has 16 heavy (non-hydrogen) atoms. The lowest BCUT2D eigenvalue weighted by atomic mass is 10.1. The fourth-order valence-corrected chi connectivity index (χ4v) is 3.65. The first-order chi connectivity index (χ1) is 7.55. The highest BCUT2D eigenvalue weighted by Crippen LogP contribution is 2.18. The van der Waals surface area contributed by atoms with Crippen LogP contribution >= 0.6 is 0 Å². The second-order valence-electron chi connectivity index (χ2n) is 4.13. The van der Waals surface area contributed by atoms with E-state index in [-0.39, 0.29) is 11.7 Å². The summed E-state index contributed by atoms with van der Waals surface area (Å²) in [5.41, 5.74) is 6.13. The standard InChI is InChI=1S/C10H15N3O2S/c11-9-1-2-10(13-6-9)12-5-8-3-4-16(14,15)7-8/h1-2,6,8H,3-5,7,11H2,(H,12,13). The number of nitrogens with two attached hydrogens (primary N) is 1. The van der Waals surface area contributed by atoms with E-state index in [0.717, 1.165) is 12.2 Å². The molecule has 0 radical (unpaired) electrons. The molecule has 1 aliphatic heterocycles. The third kappa shape index (κ3) is 2.85. The summed E-state index contributed by atoms with van der Waals surface area (Å²) in [4.78, 5) is 4.09. The molecule has 1 fully saturated rings. The summed E-state index contributed by atoms with van der Waals surface area (Å²) < 4.78 is 22.5. The second kappa shape index (κ2) is 4.29. The molecule has 88 valence electrons. The number of nitrogens with zero attached hydrogens (tertiary/aromatic N) is 1. The zero-order valence-corrected chi connectivity index (χ0v) is 9.70. The topological polar surface area (TPSA) is 85.1 Å². The highest BCUT2D eigenvalue weighted by Gasteiger charge is 2.27. The van der Waals surface area contributed by atoms with E-state index in [1.165, 1.54) is 0 Å². The van der Waals surface area contributed by atoms with E-state index in [1.807, 2.05) is 0 Å². The Morgan fingerprint density at radius 3 is 2.88 bits per heavy atom. The molecule has 1 atom stereocenters. The molecule has 1 saturated heterocycles. The first-order valence-corrected chi connectivity index (χ1v) is 7.03. The molecule has 1 unspecified atom stereocenters. The van der Waals surface area contributed by atoms with Gasteiger partial charge >= 0.3 is 0 Å². The van der Waals surface area contributed by atoms with Crippen molar-refractivity contribution in [2.24, 2.45) is 5.92 Å². The molecule has 0 aromatic carbocycles. The molecular formula is C10H15N3O2S. The summed E-state index contributed by atoms with van der Waals surface area (Å²) in [6.45, 7) is 0.649. The Hall–Kier alpha value is -1.30. The number of rotatable bonds is 3. The molecule has 0 bridgehead atoms. The van der Waals surface area contributed by atoms with Crippen molar-refractivity contribution in [3.05, 3.63) is 18.3 Å². The van der Waals surface area contributed by atoms with Crippen molar-refractivity contribution < 1.29 is 8.42 Å². The monoisotopic (exact) mass is 241 g/mol. The van der Waals surface area contributed by atoms with E-state index >= 15 is 0 Å². The summed E-state index contributed by atoms with van der Waals surface area (Å²) in [7, 11) is -2.79. The number of hydrogen-bond donors (Lipinski definition) is 2. The number of hydrogen-bond acceptors (Lipinski definition) is 5. The Morgan fingerprint density at radius 2 is 2.31 bits per heavy atom. The summed E-state index contributed by atoms with van der Waals surface area (Å²) in [6, 6.07) is 3.56. The van der Waals surface area contributed by atoms with E-state index in [4.69, 9.17) is 5.73 Å². The van der Waals surface area contributed by atoms with Gasteiger partial charge in [0.15, 0.2) is 9.84 Å². The van der Waals surface area contributed by atoms with Gasteiger partial charge in [0, 0.05) is 6.54 Å². The fourth-order valence-electron chi connectivity index (χ4n) is 1.79. The van der Waals surface area contributed by atoms with Crippen molar-refractivity contribution in [1.29, 1.82) is 0 Å². The van der Waals surface area contributed by atoms with Crippen LogP contribution in [-0.4, -0.2) is 31.5 Å². The van der Waals surface area contributed by atoms with Crippen LogP contribution in [0.4, 0.5) is 11.5 Å². The van der Waals surface area contributed by atoms with Gasteiger partial charge in [-0.1, -0.05) is 0 Å². The second-order valence-corrected chi connectivity index (χ2v) is 6.36. The lowest BCUT2D eigenvalue weighted by Gasteiger charge is -2.09. The zero-order chi connectivity index (χ0) is 11.6. The Balaban J connectivity index is 1.87. The number of nitrogens with one attached hydrogen (secondary N) is 1. The van der Waals surface area contributed by atoms with Crippen LogP contribution in [0.3, 0.4) is 0 Å². The molecule has 0 spiro atoms. The Bertz CT molecular complexity index is 455. The van der Waals surface area contributed by atoms with Gasteiger partial charge in [-0.05, 0) is 24.5 Å². The fraction of sp³-hybridized carbons (Fsp3) is 0.500. The highest BCUT2D eigenvalue weighted by molar-refractivity contribution is 7.91. The van der Waals surface area contributed by atoms with Crippen LogP contribution in [0.2, 0.25) is 0 Å². The first kappa shape index (κ1) is 11.2. The molecule has 0 saturated carbocycles. The molecule has 0 amide bonds. The number of pyridine rings is 1. The van der Waals surface area contributed by atoms with Gasteiger partial charge in [-0.2, -0.15) is 0 Å². The molecule has 1 aromatic heterocycles. The van der Waals surface area contributed by atoms with Gasteiger partial charge in [0.25, 0.3) is 0 Å². The smallest absolute Gasteiger partial charge is 0.150 e. The van der Waals surface area contributed by atoms with Crippen LogP contribution < -0.4 is 11.1 Å². The van der Waals surface area contributed by atoms with Gasteiger partial charge < -0.3 is 11.1 Å².